The van der Waals surface area contributed by atoms with E-state index in [0.29, 0.717) is 25.2 Å². The van der Waals surface area contributed by atoms with E-state index in [1.165, 1.54) is 0 Å². The summed E-state index contributed by atoms with van der Waals surface area (Å²) in [4.78, 5) is 6.70. The molecule has 1 aromatic carbocycles. The Labute approximate surface area is 175 Å². The van der Waals surface area contributed by atoms with Crippen LogP contribution in [0.1, 0.15) is 27.7 Å². The number of rotatable bonds is 10. The zero-order chi connectivity index (χ0) is 18.7. The van der Waals surface area contributed by atoms with Crippen molar-refractivity contribution >= 4 is 29.9 Å². The fraction of sp³-hybridized carbons (Fsp3) is 0.632. The Bertz CT molecular complexity index is 499. The van der Waals surface area contributed by atoms with Crippen LogP contribution in [-0.2, 0) is 0 Å². The summed E-state index contributed by atoms with van der Waals surface area (Å²) >= 11 is 0. The lowest BCUT2D eigenvalue weighted by Crippen LogP contribution is -2.45. The SMILES string of the molecule is CN=C(NCCOc1ccc(OC)cc1)NCCN(C(C)C)C(C)C.I. The van der Waals surface area contributed by atoms with E-state index >= 15 is 0 Å². The van der Waals surface area contributed by atoms with Gasteiger partial charge in [0.25, 0.3) is 0 Å². The van der Waals surface area contributed by atoms with Gasteiger partial charge in [0.2, 0.25) is 0 Å². The van der Waals surface area contributed by atoms with Gasteiger partial charge in [-0.05, 0) is 52.0 Å². The number of hydrogen-bond donors (Lipinski definition) is 2. The lowest BCUT2D eigenvalue weighted by atomic mass is 10.2. The predicted molar refractivity (Wildman–Crippen MR) is 120 cm³/mol. The van der Waals surface area contributed by atoms with Crippen LogP contribution in [0.25, 0.3) is 0 Å². The second kappa shape index (κ2) is 13.9. The Morgan fingerprint density at radius 3 is 2.04 bits per heavy atom. The average Bonchev–Trinajstić information content (AvgIpc) is 2.60. The third kappa shape index (κ3) is 9.47. The Balaban J connectivity index is 0.00000625. The molecule has 6 nitrogen and oxygen atoms in total. The minimum atomic E-state index is 0. The number of guanidine groups is 1. The minimum absolute atomic E-state index is 0. The summed E-state index contributed by atoms with van der Waals surface area (Å²) < 4.78 is 10.8. The maximum Gasteiger partial charge on any atom is 0.191 e. The first-order valence-electron chi connectivity index (χ1n) is 8.95. The van der Waals surface area contributed by atoms with Crippen molar-refractivity contribution in [2.45, 2.75) is 39.8 Å². The van der Waals surface area contributed by atoms with Crippen LogP contribution in [-0.4, -0.2) is 63.3 Å². The van der Waals surface area contributed by atoms with E-state index in [0.717, 1.165) is 30.5 Å². The molecule has 0 fully saturated rings. The lowest BCUT2D eigenvalue weighted by Gasteiger charge is -2.30. The number of hydrogen-bond acceptors (Lipinski definition) is 4. The molecular formula is C19H35IN4O2. The molecule has 26 heavy (non-hydrogen) atoms. The quantitative estimate of drug-likeness (QED) is 0.235. The first-order chi connectivity index (χ1) is 12.0. The summed E-state index contributed by atoms with van der Waals surface area (Å²) in [6, 6.07) is 8.65. The highest BCUT2D eigenvalue weighted by atomic mass is 127. The molecule has 0 bridgehead atoms. The van der Waals surface area contributed by atoms with Gasteiger partial charge < -0.3 is 20.1 Å². The molecule has 1 aromatic rings. The maximum absolute atomic E-state index is 5.70. The highest BCUT2D eigenvalue weighted by Crippen LogP contribution is 2.16. The number of nitrogens with zero attached hydrogens (tertiary/aromatic N) is 2. The van der Waals surface area contributed by atoms with E-state index in [4.69, 9.17) is 9.47 Å². The number of benzene rings is 1. The summed E-state index contributed by atoms with van der Waals surface area (Å²) in [5.74, 6) is 2.45. The number of ether oxygens (including phenoxy) is 2. The summed E-state index contributed by atoms with van der Waals surface area (Å²) in [5, 5.41) is 6.61. The van der Waals surface area contributed by atoms with E-state index in [1.807, 2.05) is 24.3 Å². The molecule has 0 radical (unpaired) electrons. The van der Waals surface area contributed by atoms with Crippen LogP contribution in [0.5, 0.6) is 11.5 Å². The van der Waals surface area contributed by atoms with Gasteiger partial charge in [-0.25, -0.2) is 0 Å². The predicted octanol–water partition coefficient (Wildman–Crippen LogP) is 2.98. The average molecular weight is 478 g/mol. The minimum Gasteiger partial charge on any atom is -0.497 e. The van der Waals surface area contributed by atoms with Gasteiger partial charge in [0, 0.05) is 32.2 Å². The largest absolute Gasteiger partial charge is 0.497 e. The van der Waals surface area contributed by atoms with Crippen LogP contribution in [0.3, 0.4) is 0 Å². The summed E-state index contributed by atoms with van der Waals surface area (Å²) in [7, 11) is 3.43. The number of aliphatic imine (C=N–C) groups is 1. The van der Waals surface area contributed by atoms with Crippen LogP contribution in [0.15, 0.2) is 29.3 Å². The molecule has 0 aliphatic rings. The smallest absolute Gasteiger partial charge is 0.191 e. The van der Waals surface area contributed by atoms with Gasteiger partial charge in [0.05, 0.1) is 13.7 Å². The summed E-state index contributed by atoms with van der Waals surface area (Å²) in [6.07, 6.45) is 0. The molecular weight excluding hydrogens is 443 g/mol. The normalized spacial score (nSPS) is 11.5. The number of methoxy groups -OCH3 is 1. The third-order valence-electron chi connectivity index (χ3n) is 3.94. The monoisotopic (exact) mass is 478 g/mol. The zero-order valence-corrected chi connectivity index (χ0v) is 19.2. The van der Waals surface area contributed by atoms with Crippen molar-refractivity contribution in [3.63, 3.8) is 0 Å². The summed E-state index contributed by atoms with van der Waals surface area (Å²) in [6.45, 7) is 12.0. The topological polar surface area (TPSA) is 58.1 Å². The van der Waals surface area contributed by atoms with Crippen LogP contribution in [0.4, 0.5) is 0 Å². The standard InChI is InChI=1S/C19H34N4O2.HI/c1-15(2)23(16(3)4)13-11-21-19(20-5)22-12-14-25-18-9-7-17(24-6)8-10-18;/h7-10,15-16H,11-14H2,1-6H3,(H2,20,21,22);1H. The van der Waals surface area contributed by atoms with Gasteiger partial charge in [0.15, 0.2) is 5.96 Å². The van der Waals surface area contributed by atoms with Gasteiger partial charge >= 0.3 is 0 Å². The van der Waals surface area contributed by atoms with E-state index in [2.05, 4.69) is 48.2 Å². The van der Waals surface area contributed by atoms with Crippen LogP contribution >= 0.6 is 24.0 Å². The van der Waals surface area contributed by atoms with Crippen molar-refractivity contribution in [1.82, 2.24) is 15.5 Å². The first-order valence-corrected chi connectivity index (χ1v) is 8.95. The molecule has 0 unspecified atom stereocenters. The Morgan fingerprint density at radius 2 is 1.54 bits per heavy atom. The first kappa shape index (κ1) is 24.8. The van der Waals surface area contributed by atoms with Gasteiger partial charge in [-0.3, -0.25) is 9.89 Å². The van der Waals surface area contributed by atoms with Crippen molar-refractivity contribution < 1.29 is 9.47 Å². The number of nitrogens with one attached hydrogen (secondary N) is 2. The van der Waals surface area contributed by atoms with Crippen LogP contribution in [0, 0.1) is 0 Å². The van der Waals surface area contributed by atoms with Crippen molar-refractivity contribution in [3.05, 3.63) is 24.3 Å². The van der Waals surface area contributed by atoms with E-state index in [9.17, 15) is 0 Å². The Morgan fingerprint density at radius 1 is 1.00 bits per heavy atom. The van der Waals surface area contributed by atoms with E-state index in [1.54, 1.807) is 14.2 Å². The van der Waals surface area contributed by atoms with Gasteiger partial charge in [-0.2, -0.15) is 0 Å². The molecule has 1 rings (SSSR count). The molecule has 7 heteroatoms. The molecule has 150 valence electrons. The molecule has 0 amide bonds. The second-order valence-electron chi connectivity index (χ2n) is 6.38. The van der Waals surface area contributed by atoms with E-state index < -0.39 is 0 Å². The third-order valence-corrected chi connectivity index (χ3v) is 3.94. The molecule has 0 spiro atoms. The molecule has 0 aromatic heterocycles. The Kier molecular flexibility index (Phi) is 13.3. The number of halogens is 1. The molecule has 0 atom stereocenters. The van der Waals surface area contributed by atoms with Gasteiger partial charge in [-0.1, -0.05) is 0 Å². The van der Waals surface area contributed by atoms with Crippen LogP contribution in [0.2, 0.25) is 0 Å². The molecule has 0 aliphatic carbocycles. The van der Waals surface area contributed by atoms with Crippen molar-refractivity contribution in [3.8, 4) is 11.5 Å². The van der Waals surface area contributed by atoms with Gasteiger partial charge in [0.1, 0.15) is 18.1 Å². The second-order valence-corrected chi connectivity index (χ2v) is 6.38. The van der Waals surface area contributed by atoms with Crippen molar-refractivity contribution in [2.75, 3.05) is 40.4 Å². The zero-order valence-electron chi connectivity index (χ0n) is 16.9. The fourth-order valence-electron chi connectivity index (χ4n) is 2.65. The van der Waals surface area contributed by atoms with E-state index in [-0.39, 0.29) is 24.0 Å². The van der Waals surface area contributed by atoms with Crippen molar-refractivity contribution in [2.24, 2.45) is 4.99 Å². The highest BCUT2D eigenvalue weighted by molar-refractivity contribution is 14.0. The fourth-order valence-corrected chi connectivity index (χ4v) is 2.65. The van der Waals surface area contributed by atoms with Crippen LogP contribution < -0.4 is 20.1 Å². The highest BCUT2D eigenvalue weighted by Gasteiger charge is 2.12. The Hall–Kier alpha value is -1.22. The molecule has 0 heterocycles. The molecule has 0 saturated carbocycles. The van der Waals surface area contributed by atoms with Gasteiger partial charge in [-0.15, -0.1) is 24.0 Å². The molecule has 2 N–H and O–H groups in total. The lowest BCUT2D eigenvalue weighted by molar-refractivity contribution is 0.178. The van der Waals surface area contributed by atoms with Crippen molar-refractivity contribution in [1.29, 1.82) is 0 Å². The molecule has 0 aliphatic heterocycles. The maximum atomic E-state index is 5.70. The summed E-state index contributed by atoms with van der Waals surface area (Å²) in [5.41, 5.74) is 0. The molecule has 0 saturated heterocycles.